The second-order valence-corrected chi connectivity index (χ2v) is 5.86. The van der Waals surface area contributed by atoms with Crippen LogP contribution in [-0.2, 0) is 0 Å². The standard InChI is InChI=1S/C19H12N4O3/c20-9-16-17(11-2-1-3-13(8-11)23(24)25)15-5-4-12-10-22-7-6-14(12)18(15)26-19(16)21/h1-8,10,17H,21H2. The number of aromatic nitrogens is 1. The second kappa shape index (κ2) is 5.86. The summed E-state index contributed by atoms with van der Waals surface area (Å²) in [5, 5.41) is 22.4. The molecule has 1 aromatic heterocycles. The third kappa shape index (κ3) is 2.32. The average Bonchev–Trinajstić information content (AvgIpc) is 2.67. The van der Waals surface area contributed by atoms with E-state index >= 15 is 0 Å². The molecule has 7 nitrogen and oxygen atoms in total. The Morgan fingerprint density at radius 1 is 1.27 bits per heavy atom. The summed E-state index contributed by atoms with van der Waals surface area (Å²) in [4.78, 5) is 14.8. The number of benzene rings is 2. The highest BCUT2D eigenvalue weighted by Gasteiger charge is 2.32. The number of nitro groups is 1. The monoisotopic (exact) mass is 344 g/mol. The van der Waals surface area contributed by atoms with Crippen LogP contribution in [-0.4, -0.2) is 9.91 Å². The predicted molar refractivity (Wildman–Crippen MR) is 94.1 cm³/mol. The highest BCUT2D eigenvalue weighted by Crippen LogP contribution is 2.45. The summed E-state index contributed by atoms with van der Waals surface area (Å²) < 4.78 is 5.75. The van der Waals surface area contributed by atoms with Gasteiger partial charge in [0.15, 0.2) is 0 Å². The minimum absolute atomic E-state index is 0.000758. The van der Waals surface area contributed by atoms with E-state index in [0.717, 1.165) is 16.3 Å². The van der Waals surface area contributed by atoms with Crippen molar-refractivity contribution in [2.45, 2.75) is 5.92 Å². The van der Waals surface area contributed by atoms with E-state index in [1.807, 2.05) is 18.2 Å². The minimum Gasteiger partial charge on any atom is -0.440 e. The van der Waals surface area contributed by atoms with Gasteiger partial charge in [-0.3, -0.25) is 15.1 Å². The van der Waals surface area contributed by atoms with E-state index in [2.05, 4.69) is 11.1 Å². The van der Waals surface area contributed by atoms with Crippen molar-refractivity contribution in [3.8, 4) is 11.8 Å². The average molecular weight is 344 g/mol. The molecule has 0 aliphatic carbocycles. The fourth-order valence-electron chi connectivity index (χ4n) is 3.24. The van der Waals surface area contributed by atoms with Gasteiger partial charge in [0.1, 0.15) is 17.4 Å². The molecule has 2 heterocycles. The van der Waals surface area contributed by atoms with E-state index < -0.39 is 10.8 Å². The Labute approximate surface area is 148 Å². The summed E-state index contributed by atoms with van der Waals surface area (Å²) in [6.45, 7) is 0. The van der Waals surface area contributed by atoms with Gasteiger partial charge >= 0.3 is 0 Å². The van der Waals surface area contributed by atoms with Gasteiger partial charge in [0.25, 0.3) is 5.69 Å². The van der Waals surface area contributed by atoms with Gasteiger partial charge in [-0.15, -0.1) is 0 Å². The number of nitriles is 1. The van der Waals surface area contributed by atoms with Crippen molar-refractivity contribution < 1.29 is 9.66 Å². The lowest BCUT2D eigenvalue weighted by molar-refractivity contribution is -0.384. The number of pyridine rings is 1. The number of nitro benzene ring substituents is 1. The van der Waals surface area contributed by atoms with Gasteiger partial charge in [0.2, 0.25) is 5.88 Å². The molecule has 0 fully saturated rings. The quantitative estimate of drug-likeness (QED) is 0.563. The number of nitrogens with zero attached hydrogens (tertiary/aromatic N) is 3. The summed E-state index contributed by atoms with van der Waals surface area (Å²) in [5.41, 5.74) is 7.53. The maximum Gasteiger partial charge on any atom is 0.269 e. The smallest absolute Gasteiger partial charge is 0.269 e. The van der Waals surface area contributed by atoms with Gasteiger partial charge in [-0.25, -0.2) is 0 Å². The number of allylic oxidation sites excluding steroid dienone is 1. The number of hydrogen-bond acceptors (Lipinski definition) is 6. The van der Waals surface area contributed by atoms with Crippen LogP contribution in [0.4, 0.5) is 5.69 Å². The Kier molecular flexibility index (Phi) is 3.52. The molecule has 1 unspecified atom stereocenters. The van der Waals surface area contributed by atoms with E-state index in [1.165, 1.54) is 12.1 Å². The first kappa shape index (κ1) is 15.6. The van der Waals surface area contributed by atoms with Gasteiger partial charge in [-0.2, -0.15) is 5.26 Å². The predicted octanol–water partition coefficient (Wildman–Crippen LogP) is 3.36. The number of non-ortho nitro benzene ring substituents is 1. The van der Waals surface area contributed by atoms with Crippen LogP contribution >= 0.6 is 0 Å². The first-order chi connectivity index (χ1) is 12.6. The van der Waals surface area contributed by atoms with E-state index in [1.54, 1.807) is 24.5 Å². The van der Waals surface area contributed by atoms with Crippen LogP contribution in [0.15, 0.2) is 66.3 Å². The van der Waals surface area contributed by atoms with Crippen LogP contribution in [0.25, 0.3) is 10.8 Å². The molecule has 4 rings (SSSR count). The number of ether oxygens (including phenoxy) is 1. The van der Waals surface area contributed by atoms with Crippen molar-refractivity contribution in [2.24, 2.45) is 5.73 Å². The van der Waals surface area contributed by atoms with Crippen molar-refractivity contribution in [3.05, 3.63) is 87.6 Å². The third-order valence-corrected chi connectivity index (χ3v) is 4.41. The van der Waals surface area contributed by atoms with Crippen LogP contribution in [0.3, 0.4) is 0 Å². The summed E-state index contributed by atoms with van der Waals surface area (Å²) in [6.07, 6.45) is 3.36. The van der Waals surface area contributed by atoms with Crippen LogP contribution in [0, 0.1) is 21.4 Å². The lowest BCUT2D eigenvalue weighted by Crippen LogP contribution is -2.21. The van der Waals surface area contributed by atoms with Crippen LogP contribution in [0.5, 0.6) is 5.75 Å². The van der Waals surface area contributed by atoms with E-state index in [4.69, 9.17) is 10.5 Å². The van der Waals surface area contributed by atoms with E-state index in [9.17, 15) is 15.4 Å². The number of rotatable bonds is 2. The van der Waals surface area contributed by atoms with Crippen LogP contribution in [0.2, 0.25) is 0 Å². The fraction of sp³-hybridized carbons (Fsp3) is 0.0526. The lowest BCUT2D eigenvalue weighted by Gasteiger charge is -2.27. The molecule has 2 N–H and O–H groups in total. The zero-order chi connectivity index (χ0) is 18.3. The molecule has 0 bridgehead atoms. The number of hydrogen-bond donors (Lipinski definition) is 1. The van der Waals surface area contributed by atoms with Crippen LogP contribution < -0.4 is 10.5 Å². The highest BCUT2D eigenvalue weighted by atomic mass is 16.6. The lowest BCUT2D eigenvalue weighted by atomic mass is 9.82. The molecular weight excluding hydrogens is 332 g/mol. The molecule has 0 spiro atoms. The molecule has 1 aliphatic heterocycles. The summed E-state index contributed by atoms with van der Waals surface area (Å²) in [7, 11) is 0. The van der Waals surface area contributed by atoms with Crippen molar-refractivity contribution in [1.82, 2.24) is 4.98 Å². The summed E-state index contributed by atoms with van der Waals surface area (Å²) in [6, 6.07) is 13.8. The SMILES string of the molecule is N#CC1=C(N)Oc2c(ccc3cnccc23)C1c1cccc([N+](=O)[O-])c1. The third-order valence-electron chi connectivity index (χ3n) is 4.41. The van der Waals surface area contributed by atoms with Gasteiger partial charge in [-0.05, 0) is 11.6 Å². The Bertz CT molecular complexity index is 1130. The first-order valence-corrected chi connectivity index (χ1v) is 7.78. The first-order valence-electron chi connectivity index (χ1n) is 7.78. The molecule has 3 aromatic rings. The Hall–Kier alpha value is -3.92. The van der Waals surface area contributed by atoms with Crippen molar-refractivity contribution in [1.29, 1.82) is 5.26 Å². The molecule has 0 saturated heterocycles. The molecule has 7 heteroatoms. The molecule has 2 aromatic carbocycles. The largest absolute Gasteiger partial charge is 0.440 e. The normalized spacial score (nSPS) is 15.9. The second-order valence-electron chi connectivity index (χ2n) is 5.86. The number of nitrogens with two attached hydrogens (primary N) is 1. The van der Waals surface area contributed by atoms with Crippen molar-refractivity contribution in [2.75, 3.05) is 0 Å². The van der Waals surface area contributed by atoms with E-state index in [0.29, 0.717) is 11.3 Å². The highest BCUT2D eigenvalue weighted by molar-refractivity contribution is 5.90. The maximum atomic E-state index is 11.1. The molecule has 0 saturated carbocycles. The molecule has 0 radical (unpaired) electrons. The topological polar surface area (TPSA) is 115 Å². The van der Waals surface area contributed by atoms with Crippen molar-refractivity contribution >= 4 is 16.5 Å². The van der Waals surface area contributed by atoms with Gasteiger partial charge in [0, 0.05) is 40.9 Å². The Morgan fingerprint density at radius 2 is 2.12 bits per heavy atom. The number of fused-ring (bicyclic) bond motifs is 3. The fourth-order valence-corrected chi connectivity index (χ4v) is 3.24. The van der Waals surface area contributed by atoms with Gasteiger partial charge in [-0.1, -0.05) is 24.3 Å². The Morgan fingerprint density at radius 3 is 2.88 bits per heavy atom. The maximum absolute atomic E-state index is 11.1. The van der Waals surface area contributed by atoms with Crippen LogP contribution in [0.1, 0.15) is 17.0 Å². The Balaban J connectivity index is 2.00. The summed E-state index contributed by atoms with van der Waals surface area (Å²) >= 11 is 0. The molecular formula is C19H12N4O3. The zero-order valence-electron chi connectivity index (χ0n) is 13.4. The minimum atomic E-state index is -0.541. The van der Waals surface area contributed by atoms with E-state index in [-0.39, 0.29) is 17.1 Å². The summed E-state index contributed by atoms with van der Waals surface area (Å²) in [5.74, 6) is -0.0000557. The molecule has 0 amide bonds. The van der Waals surface area contributed by atoms with Gasteiger partial charge < -0.3 is 10.5 Å². The molecule has 1 aliphatic rings. The zero-order valence-corrected chi connectivity index (χ0v) is 13.4. The molecule has 26 heavy (non-hydrogen) atoms. The van der Waals surface area contributed by atoms with Crippen molar-refractivity contribution in [3.63, 3.8) is 0 Å². The molecule has 126 valence electrons. The van der Waals surface area contributed by atoms with Gasteiger partial charge in [0.05, 0.1) is 10.8 Å². The molecule has 1 atom stereocenters.